The summed E-state index contributed by atoms with van der Waals surface area (Å²) in [5.74, 6) is 1.37. The molecule has 2 aromatic rings. The molecule has 1 aliphatic carbocycles. The van der Waals surface area contributed by atoms with Gasteiger partial charge in [0.2, 0.25) is 0 Å². The largest absolute Gasteiger partial charge is 0.446 e. The summed E-state index contributed by atoms with van der Waals surface area (Å²) in [7, 11) is 0. The molecule has 4 heterocycles. The zero-order valence-corrected chi connectivity index (χ0v) is 15.0. The van der Waals surface area contributed by atoms with Gasteiger partial charge in [0.25, 0.3) is 0 Å². The Bertz CT molecular complexity index is 838. The van der Waals surface area contributed by atoms with Gasteiger partial charge in [-0.3, -0.25) is 10.1 Å². The van der Waals surface area contributed by atoms with Crippen molar-refractivity contribution >= 4 is 17.6 Å². The van der Waals surface area contributed by atoms with Crippen LogP contribution in [0.4, 0.5) is 16.3 Å². The van der Waals surface area contributed by atoms with Crippen LogP contribution in [0.15, 0.2) is 24.4 Å². The highest BCUT2D eigenvalue weighted by Gasteiger charge is 2.31. The van der Waals surface area contributed by atoms with Crippen LogP contribution in [-0.4, -0.2) is 40.5 Å². The van der Waals surface area contributed by atoms with E-state index in [9.17, 15) is 4.79 Å². The van der Waals surface area contributed by atoms with Crippen molar-refractivity contribution in [2.45, 2.75) is 43.8 Å². The van der Waals surface area contributed by atoms with Gasteiger partial charge >= 0.3 is 6.09 Å². The van der Waals surface area contributed by atoms with E-state index in [1.165, 1.54) is 0 Å². The number of aromatic amines is 1. The van der Waals surface area contributed by atoms with E-state index in [-0.39, 0.29) is 24.2 Å². The highest BCUT2D eigenvalue weighted by atomic mass is 16.6. The van der Waals surface area contributed by atoms with E-state index in [1.54, 1.807) is 6.20 Å². The summed E-state index contributed by atoms with van der Waals surface area (Å²) in [6.07, 6.45) is 4.86. The molecule has 5 rings (SSSR count). The summed E-state index contributed by atoms with van der Waals surface area (Å²) in [4.78, 5) is 16.6. The number of H-pyrrole nitrogens is 1. The molecule has 2 unspecified atom stereocenters. The van der Waals surface area contributed by atoms with Crippen LogP contribution < -0.4 is 10.6 Å². The zero-order valence-electron chi connectivity index (χ0n) is 15.0. The summed E-state index contributed by atoms with van der Waals surface area (Å²) < 4.78 is 11.5. The Kier molecular flexibility index (Phi) is 4.20. The summed E-state index contributed by atoms with van der Waals surface area (Å²) in [5, 5.41) is 13.8. The van der Waals surface area contributed by atoms with E-state index in [1.807, 2.05) is 18.2 Å². The van der Waals surface area contributed by atoms with Crippen molar-refractivity contribution in [1.29, 1.82) is 0 Å². The third-order valence-corrected chi connectivity index (χ3v) is 5.69. The van der Waals surface area contributed by atoms with E-state index in [0.717, 1.165) is 48.6 Å². The minimum Gasteiger partial charge on any atom is -0.446 e. The predicted octanol–water partition coefficient (Wildman–Crippen LogP) is 3.00. The highest BCUT2D eigenvalue weighted by Crippen LogP contribution is 2.37. The van der Waals surface area contributed by atoms with Crippen molar-refractivity contribution in [2.24, 2.45) is 5.92 Å². The lowest BCUT2D eigenvalue weighted by molar-refractivity contribution is 0.0957. The molecule has 1 saturated heterocycles. The number of fused-ring (bicyclic) bond motifs is 10. The minimum absolute atomic E-state index is 0.0443. The summed E-state index contributed by atoms with van der Waals surface area (Å²) in [6, 6.07) is 5.97. The number of ether oxygens (including phenoxy) is 2. The van der Waals surface area contributed by atoms with Gasteiger partial charge in [-0.25, -0.2) is 4.79 Å². The second kappa shape index (κ2) is 6.84. The Hall–Kier alpha value is -2.61. The number of amides is 1. The Balaban J connectivity index is 1.42. The topological polar surface area (TPSA) is 101 Å². The number of anilines is 2. The molecule has 8 heteroatoms. The molecule has 3 N–H and O–H groups in total. The Morgan fingerprint density at radius 3 is 3.11 bits per heavy atom. The fraction of sp³-hybridized carbons (Fsp3) is 0.526. The fourth-order valence-corrected chi connectivity index (χ4v) is 4.25. The van der Waals surface area contributed by atoms with Gasteiger partial charge in [0.05, 0.1) is 18.4 Å². The van der Waals surface area contributed by atoms with Crippen molar-refractivity contribution in [2.75, 3.05) is 18.5 Å². The standard InChI is InChI=1S/C19H23N5O3/c25-19-21-9-11-5-17(26-10-11)16-7-13(3-4-20-16)22-18-8-15(23-24-18)12-1-2-14(6-12)27-19/h3-4,7-8,11-12,14,17H,1-2,5-6,9-10H2,(H,21,25)(H2,22,23,24)/t11?,12-,14+,17?/m0/s1. The van der Waals surface area contributed by atoms with E-state index in [0.29, 0.717) is 19.1 Å². The smallest absolute Gasteiger partial charge is 0.407 e. The molecule has 0 aromatic carbocycles. The first-order valence-electron chi connectivity index (χ1n) is 9.57. The van der Waals surface area contributed by atoms with Gasteiger partial charge in [0.15, 0.2) is 5.82 Å². The van der Waals surface area contributed by atoms with Crippen molar-refractivity contribution in [3.05, 3.63) is 35.8 Å². The predicted molar refractivity (Wildman–Crippen MR) is 97.8 cm³/mol. The van der Waals surface area contributed by atoms with Crippen LogP contribution in [0.25, 0.3) is 0 Å². The first-order chi connectivity index (χ1) is 13.2. The maximum Gasteiger partial charge on any atom is 0.407 e. The van der Waals surface area contributed by atoms with Gasteiger partial charge < -0.3 is 20.1 Å². The maximum atomic E-state index is 12.1. The number of carbonyl (C=O) groups excluding carboxylic acids is 1. The van der Waals surface area contributed by atoms with Crippen molar-refractivity contribution in [3.8, 4) is 0 Å². The molecular formula is C19H23N5O3. The minimum atomic E-state index is -0.333. The number of pyridine rings is 1. The summed E-state index contributed by atoms with van der Waals surface area (Å²) in [6.45, 7) is 1.17. The van der Waals surface area contributed by atoms with E-state index in [4.69, 9.17) is 9.47 Å². The third-order valence-electron chi connectivity index (χ3n) is 5.69. The molecule has 142 valence electrons. The molecule has 4 atom stereocenters. The van der Waals surface area contributed by atoms with Crippen molar-refractivity contribution in [1.82, 2.24) is 20.5 Å². The van der Waals surface area contributed by atoms with Crippen LogP contribution >= 0.6 is 0 Å². The lowest BCUT2D eigenvalue weighted by Crippen LogP contribution is -2.32. The second-order valence-electron chi connectivity index (χ2n) is 7.64. The fourth-order valence-electron chi connectivity index (χ4n) is 4.25. The van der Waals surface area contributed by atoms with E-state index < -0.39 is 0 Å². The van der Waals surface area contributed by atoms with Crippen LogP contribution in [0.3, 0.4) is 0 Å². The number of rotatable bonds is 0. The molecule has 0 spiro atoms. The lowest BCUT2D eigenvalue weighted by Gasteiger charge is -2.15. The average molecular weight is 369 g/mol. The third kappa shape index (κ3) is 3.49. The molecule has 27 heavy (non-hydrogen) atoms. The molecule has 8 nitrogen and oxygen atoms in total. The van der Waals surface area contributed by atoms with Crippen molar-refractivity contribution in [3.63, 3.8) is 0 Å². The molecule has 2 fully saturated rings. The van der Waals surface area contributed by atoms with E-state index in [2.05, 4.69) is 25.8 Å². The maximum absolute atomic E-state index is 12.1. The number of alkyl carbamates (subject to hydrolysis) is 1. The lowest BCUT2D eigenvalue weighted by atomic mass is 10.0. The molecule has 0 radical (unpaired) electrons. The SMILES string of the molecule is O=C1NCC2COC(C2)c2cc(ccn2)Nc2cc([nH]n2)[C@H]2CC[C@H](C2)O1. The van der Waals surface area contributed by atoms with Gasteiger partial charge in [-0.2, -0.15) is 5.10 Å². The second-order valence-corrected chi connectivity index (χ2v) is 7.64. The Labute approximate surface area is 157 Å². The quantitative estimate of drug-likeness (QED) is 0.660. The number of hydrogen-bond donors (Lipinski definition) is 3. The number of hydrogen-bond acceptors (Lipinski definition) is 6. The van der Waals surface area contributed by atoms with Crippen LogP contribution in [0.5, 0.6) is 0 Å². The molecule has 3 aliphatic rings. The first-order valence-corrected chi connectivity index (χ1v) is 9.57. The molecule has 8 bridgehead atoms. The number of nitrogens with zero attached hydrogens (tertiary/aromatic N) is 2. The van der Waals surface area contributed by atoms with Crippen LogP contribution in [0.2, 0.25) is 0 Å². The number of carbonyl (C=O) groups is 1. The van der Waals surface area contributed by atoms with Crippen LogP contribution in [0.1, 0.15) is 49.1 Å². The average Bonchev–Trinajstić information content (AvgIpc) is 3.40. The summed E-state index contributed by atoms with van der Waals surface area (Å²) >= 11 is 0. The highest BCUT2D eigenvalue weighted by molar-refractivity contribution is 5.67. The van der Waals surface area contributed by atoms with Gasteiger partial charge in [-0.15, -0.1) is 0 Å². The summed E-state index contributed by atoms with van der Waals surface area (Å²) in [5.41, 5.74) is 2.91. The number of aromatic nitrogens is 3. The Morgan fingerprint density at radius 1 is 1.19 bits per heavy atom. The first kappa shape index (κ1) is 16.6. The normalized spacial score (nSPS) is 30.1. The molecular weight excluding hydrogens is 346 g/mol. The number of nitrogens with one attached hydrogen (secondary N) is 3. The zero-order chi connectivity index (χ0) is 18.2. The molecule has 2 aromatic heterocycles. The van der Waals surface area contributed by atoms with E-state index >= 15 is 0 Å². The van der Waals surface area contributed by atoms with Gasteiger partial charge in [-0.1, -0.05) is 0 Å². The van der Waals surface area contributed by atoms with Crippen molar-refractivity contribution < 1.29 is 14.3 Å². The van der Waals surface area contributed by atoms with Crippen LogP contribution in [-0.2, 0) is 9.47 Å². The molecule has 2 aliphatic heterocycles. The molecule has 1 saturated carbocycles. The monoisotopic (exact) mass is 369 g/mol. The van der Waals surface area contributed by atoms with Gasteiger partial charge in [0, 0.05) is 42.0 Å². The van der Waals surface area contributed by atoms with Crippen LogP contribution in [0, 0.1) is 5.92 Å². The van der Waals surface area contributed by atoms with Gasteiger partial charge in [-0.05, 0) is 37.8 Å². The van der Waals surface area contributed by atoms with Gasteiger partial charge in [0.1, 0.15) is 6.10 Å². The molecule has 1 amide bonds. The Morgan fingerprint density at radius 2 is 2.15 bits per heavy atom.